The summed E-state index contributed by atoms with van der Waals surface area (Å²) in [6, 6.07) is 17.0. The molecular formula is C24H32N2O3S2. The first kappa shape index (κ1) is 24.0. The molecule has 1 fully saturated rings. The number of hydrogen-bond donors (Lipinski definition) is 1. The van der Waals surface area contributed by atoms with Gasteiger partial charge in [0, 0.05) is 42.7 Å². The zero-order valence-corrected chi connectivity index (χ0v) is 20.3. The number of carboxylic acids is 1. The Hall–Kier alpha value is -1.67. The minimum absolute atomic E-state index is 0.421. The molecule has 1 aliphatic heterocycles. The SMILES string of the molecule is CCc1ccc(OC(C)(C)C(=O)O)c(CN2CCN(SSc3ccccc3)C(C)C2)c1. The molecule has 1 saturated heterocycles. The van der Waals surface area contributed by atoms with E-state index in [1.807, 2.05) is 29.2 Å². The maximum atomic E-state index is 11.5. The van der Waals surface area contributed by atoms with Crippen molar-refractivity contribution in [2.75, 3.05) is 19.6 Å². The molecule has 0 amide bonds. The molecular weight excluding hydrogens is 428 g/mol. The molecule has 0 aliphatic carbocycles. The standard InChI is InChI=1S/C24H32N2O3S2/c1-5-19-11-12-22(29-24(3,4)23(27)28)20(15-19)17-25-13-14-26(18(2)16-25)31-30-21-9-7-6-8-10-21/h6-12,15,18H,5,13-14,16-17H2,1-4H3,(H,27,28). The van der Waals surface area contributed by atoms with Crippen LogP contribution >= 0.6 is 21.8 Å². The van der Waals surface area contributed by atoms with E-state index in [9.17, 15) is 9.90 Å². The highest BCUT2D eigenvalue weighted by molar-refractivity contribution is 8.75. The number of nitrogens with zero attached hydrogens (tertiary/aromatic N) is 2. The summed E-state index contributed by atoms with van der Waals surface area (Å²) in [6.07, 6.45) is 0.938. The molecule has 1 atom stereocenters. The van der Waals surface area contributed by atoms with Crippen LogP contribution in [0.1, 0.15) is 38.8 Å². The number of piperazine rings is 1. The van der Waals surface area contributed by atoms with Gasteiger partial charge in [0.2, 0.25) is 0 Å². The van der Waals surface area contributed by atoms with Gasteiger partial charge in [-0.25, -0.2) is 9.10 Å². The Kier molecular flexibility index (Phi) is 8.33. The van der Waals surface area contributed by atoms with Crippen LogP contribution in [0.5, 0.6) is 5.75 Å². The van der Waals surface area contributed by atoms with Gasteiger partial charge < -0.3 is 9.84 Å². The van der Waals surface area contributed by atoms with E-state index in [-0.39, 0.29) is 0 Å². The number of carbonyl (C=O) groups is 1. The highest BCUT2D eigenvalue weighted by atomic mass is 33.1. The summed E-state index contributed by atoms with van der Waals surface area (Å²) in [5.41, 5.74) is 1.03. The Bertz CT molecular complexity index is 876. The van der Waals surface area contributed by atoms with E-state index in [2.05, 4.69) is 53.4 Å². The fraction of sp³-hybridized carbons (Fsp3) is 0.458. The number of carboxylic acid groups (broad SMARTS) is 1. The van der Waals surface area contributed by atoms with Gasteiger partial charge >= 0.3 is 5.97 Å². The lowest BCUT2D eigenvalue weighted by molar-refractivity contribution is -0.152. The van der Waals surface area contributed by atoms with Crippen molar-refractivity contribution in [1.82, 2.24) is 9.21 Å². The van der Waals surface area contributed by atoms with Crippen molar-refractivity contribution in [3.05, 3.63) is 59.7 Å². The van der Waals surface area contributed by atoms with E-state index in [0.717, 1.165) is 38.2 Å². The second-order valence-electron chi connectivity index (χ2n) is 8.41. The maximum Gasteiger partial charge on any atom is 0.347 e. The molecule has 0 aromatic heterocycles. The summed E-state index contributed by atoms with van der Waals surface area (Å²) in [5, 5.41) is 9.47. The van der Waals surface area contributed by atoms with Crippen LogP contribution in [0.4, 0.5) is 0 Å². The molecule has 2 aromatic carbocycles. The van der Waals surface area contributed by atoms with E-state index in [0.29, 0.717) is 11.8 Å². The minimum Gasteiger partial charge on any atom is -0.478 e. The van der Waals surface area contributed by atoms with Crippen molar-refractivity contribution in [3.63, 3.8) is 0 Å². The molecule has 1 aliphatic rings. The summed E-state index contributed by atoms with van der Waals surface area (Å²) in [6.45, 7) is 11.2. The minimum atomic E-state index is -1.26. The van der Waals surface area contributed by atoms with Crippen molar-refractivity contribution in [3.8, 4) is 5.75 Å². The molecule has 1 heterocycles. The zero-order valence-electron chi connectivity index (χ0n) is 18.7. The molecule has 0 saturated carbocycles. The van der Waals surface area contributed by atoms with Crippen LogP contribution in [-0.2, 0) is 17.8 Å². The average Bonchev–Trinajstić information content (AvgIpc) is 2.75. The quantitative estimate of drug-likeness (QED) is 0.400. The number of rotatable bonds is 9. The summed E-state index contributed by atoms with van der Waals surface area (Å²) in [5.74, 6) is -0.304. The average molecular weight is 461 g/mol. The third-order valence-electron chi connectivity index (χ3n) is 5.43. The molecule has 0 bridgehead atoms. The Morgan fingerprint density at radius 1 is 1.19 bits per heavy atom. The molecule has 0 spiro atoms. The first-order valence-corrected chi connectivity index (χ1v) is 12.8. The van der Waals surface area contributed by atoms with E-state index < -0.39 is 11.6 Å². The van der Waals surface area contributed by atoms with Crippen molar-refractivity contribution < 1.29 is 14.6 Å². The third kappa shape index (κ3) is 6.65. The van der Waals surface area contributed by atoms with Crippen LogP contribution in [0.3, 0.4) is 0 Å². The van der Waals surface area contributed by atoms with Gasteiger partial charge in [-0.15, -0.1) is 0 Å². The maximum absolute atomic E-state index is 11.5. The zero-order chi connectivity index (χ0) is 22.4. The van der Waals surface area contributed by atoms with Gasteiger partial charge in [0.1, 0.15) is 5.75 Å². The van der Waals surface area contributed by atoms with Gasteiger partial charge in [0.15, 0.2) is 5.60 Å². The number of hydrogen-bond acceptors (Lipinski definition) is 6. The molecule has 7 heteroatoms. The van der Waals surface area contributed by atoms with Crippen LogP contribution in [-0.4, -0.2) is 51.6 Å². The van der Waals surface area contributed by atoms with Gasteiger partial charge in [0.25, 0.3) is 0 Å². The monoisotopic (exact) mass is 460 g/mol. The molecule has 1 unspecified atom stereocenters. The lowest BCUT2D eigenvalue weighted by atomic mass is 10.1. The second-order valence-corrected chi connectivity index (χ2v) is 10.6. The van der Waals surface area contributed by atoms with Crippen molar-refractivity contribution in [2.24, 2.45) is 0 Å². The molecule has 0 radical (unpaired) electrons. The molecule has 5 nitrogen and oxygen atoms in total. The molecule has 2 aromatic rings. The lowest BCUT2D eigenvalue weighted by Gasteiger charge is -2.39. The Balaban J connectivity index is 1.64. The first-order valence-electron chi connectivity index (χ1n) is 10.7. The highest BCUT2D eigenvalue weighted by Gasteiger charge is 2.31. The van der Waals surface area contributed by atoms with Gasteiger partial charge in [-0.05, 0) is 72.7 Å². The first-order chi connectivity index (χ1) is 14.8. The summed E-state index contributed by atoms with van der Waals surface area (Å²) in [4.78, 5) is 15.2. The number of benzene rings is 2. The molecule has 3 rings (SSSR count). The topological polar surface area (TPSA) is 53.0 Å². The lowest BCUT2D eigenvalue weighted by Crippen LogP contribution is -2.48. The number of aryl methyl sites for hydroxylation is 1. The molecule has 168 valence electrons. The highest BCUT2D eigenvalue weighted by Crippen LogP contribution is 2.36. The fourth-order valence-electron chi connectivity index (χ4n) is 3.47. The van der Waals surface area contributed by atoms with Crippen LogP contribution in [0.2, 0.25) is 0 Å². The predicted octanol–water partition coefficient (Wildman–Crippen LogP) is 5.35. The normalized spacial score (nSPS) is 18.1. The second kappa shape index (κ2) is 10.8. The van der Waals surface area contributed by atoms with Crippen molar-refractivity contribution in [1.29, 1.82) is 0 Å². The summed E-state index contributed by atoms with van der Waals surface area (Å²) >= 11 is 0. The van der Waals surface area contributed by atoms with Crippen LogP contribution in [0, 0.1) is 0 Å². The van der Waals surface area contributed by atoms with E-state index in [1.54, 1.807) is 24.6 Å². The molecule has 1 N–H and O–H groups in total. The Labute approximate surface area is 193 Å². The number of ether oxygens (including phenoxy) is 1. The summed E-state index contributed by atoms with van der Waals surface area (Å²) in [7, 11) is 3.62. The third-order valence-corrected chi connectivity index (χ3v) is 8.08. The molecule has 31 heavy (non-hydrogen) atoms. The Morgan fingerprint density at radius 2 is 1.94 bits per heavy atom. The van der Waals surface area contributed by atoms with Crippen LogP contribution < -0.4 is 4.74 Å². The van der Waals surface area contributed by atoms with Gasteiger partial charge in [0.05, 0.1) is 0 Å². The van der Waals surface area contributed by atoms with E-state index in [4.69, 9.17) is 4.74 Å². The summed E-state index contributed by atoms with van der Waals surface area (Å²) < 4.78 is 8.37. The predicted molar refractivity (Wildman–Crippen MR) is 129 cm³/mol. The van der Waals surface area contributed by atoms with Crippen molar-refractivity contribution >= 4 is 27.7 Å². The van der Waals surface area contributed by atoms with Crippen LogP contribution in [0.25, 0.3) is 0 Å². The van der Waals surface area contributed by atoms with Gasteiger partial charge in [-0.1, -0.05) is 37.3 Å². The Morgan fingerprint density at radius 3 is 2.58 bits per heavy atom. The largest absolute Gasteiger partial charge is 0.478 e. The van der Waals surface area contributed by atoms with E-state index >= 15 is 0 Å². The number of aliphatic carboxylic acids is 1. The van der Waals surface area contributed by atoms with Crippen LogP contribution in [0.15, 0.2) is 53.4 Å². The van der Waals surface area contributed by atoms with Gasteiger partial charge in [-0.3, -0.25) is 4.90 Å². The smallest absolute Gasteiger partial charge is 0.347 e. The van der Waals surface area contributed by atoms with Gasteiger partial charge in [-0.2, -0.15) is 0 Å². The van der Waals surface area contributed by atoms with Crippen molar-refractivity contribution in [2.45, 2.75) is 57.2 Å². The van der Waals surface area contributed by atoms with E-state index in [1.165, 1.54) is 10.5 Å². The fourth-order valence-corrected chi connectivity index (χ4v) is 5.84.